The van der Waals surface area contributed by atoms with Crippen LogP contribution in [0.3, 0.4) is 0 Å². The van der Waals surface area contributed by atoms with Gasteiger partial charge in [-0.05, 0) is 55.4 Å². The van der Waals surface area contributed by atoms with Crippen molar-refractivity contribution in [1.29, 1.82) is 0 Å². The van der Waals surface area contributed by atoms with Crippen molar-refractivity contribution in [2.45, 2.75) is 45.1 Å². The van der Waals surface area contributed by atoms with Gasteiger partial charge in [-0.25, -0.2) is 0 Å². The molecule has 2 amide bonds. The van der Waals surface area contributed by atoms with Gasteiger partial charge >= 0.3 is 0 Å². The van der Waals surface area contributed by atoms with Crippen LogP contribution in [-0.2, 0) is 17.8 Å². The second-order valence-electron chi connectivity index (χ2n) is 6.79. The maximum atomic E-state index is 12.4. The molecule has 0 unspecified atom stereocenters. The molecule has 1 aromatic heterocycles. The third-order valence-electron chi connectivity index (χ3n) is 4.76. The third kappa shape index (κ3) is 5.18. The van der Waals surface area contributed by atoms with Crippen molar-refractivity contribution >= 4 is 11.8 Å². The number of rotatable bonds is 7. The SMILES string of the molecule is O=C(CCCc1cn[nH]c1)NCc1ccc(C(=O)N2CCCCC2)cc1. The predicted octanol–water partition coefficient (Wildman–Crippen LogP) is 2.67. The Morgan fingerprint density at radius 2 is 1.85 bits per heavy atom. The van der Waals surface area contributed by atoms with Gasteiger partial charge in [-0.2, -0.15) is 5.10 Å². The molecule has 0 spiro atoms. The number of nitrogens with one attached hydrogen (secondary N) is 2. The monoisotopic (exact) mass is 354 g/mol. The largest absolute Gasteiger partial charge is 0.352 e. The summed E-state index contributed by atoms with van der Waals surface area (Å²) in [5, 5.41) is 9.60. The molecule has 0 radical (unpaired) electrons. The summed E-state index contributed by atoms with van der Waals surface area (Å²) in [5.74, 6) is 0.154. The number of aryl methyl sites for hydroxylation is 1. The zero-order valence-corrected chi connectivity index (χ0v) is 15.0. The molecule has 6 nitrogen and oxygen atoms in total. The molecule has 1 aliphatic rings. The van der Waals surface area contributed by atoms with E-state index in [1.54, 1.807) is 6.20 Å². The summed E-state index contributed by atoms with van der Waals surface area (Å²) >= 11 is 0. The molecule has 6 heteroatoms. The summed E-state index contributed by atoms with van der Waals surface area (Å²) in [6.07, 6.45) is 9.18. The highest BCUT2D eigenvalue weighted by Crippen LogP contribution is 2.14. The van der Waals surface area contributed by atoms with Crippen molar-refractivity contribution < 1.29 is 9.59 Å². The van der Waals surface area contributed by atoms with E-state index in [0.717, 1.165) is 55.5 Å². The lowest BCUT2D eigenvalue weighted by Gasteiger charge is -2.26. The fourth-order valence-electron chi connectivity index (χ4n) is 3.20. The van der Waals surface area contributed by atoms with Crippen molar-refractivity contribution in [2.75, 3.05) is 13.1 Å². The van der Waals surface area contributed by atoms with Gasteiger partial charge in [0, 0.05) is 37.8 Å². The maximum absolute atomic E-state index is 12.4. The standard InChI is InChI=1S/C20H26N4O2/c25-19(6-4-5-17-14-22-23-15-17)21-13-16-7-9-18(10-8-16)20(26)24-11-2-1-3-12-24/h7-10,14-15H,1-6,11-13H2,(H,21,25)(H,22,23). The number of piperidine rings is 1. The van der Waals surface area contributed by atoms with Crippen LogP contribution in [0.1, 0.15) is 53.6 Å². The fraction of sp³-hybridized carbons (Fsp3) is 0.450. The lowest BCUT2D eigenvalue weighted by Crippen LogP contribution is -2.35. The Balaban J connectivity index is 1.40. The molecule has 138 valence electrons. The fourth-order valence-corrected chi connectivity index (χ4v) is 3.20. The number of aromatic amines is 1. The van der Waals surface area contributed by atoms with Crippen LogP contribution in [0.2, 0.25) is 0 Å². The number of carbonyl (C=O) groups excluding carboxylic acids is 2. The van der Waals surface area contributed by atoms with Crippen LogP contribution in [0.5, 0.6) is 0 Å². The van der Waals surface area contributed by atoms with Crippen LogP contribution < -0.4 is 5.32 Å². The van der Waals surface area contributed by atoms with E-state index >= 15 is 0 Å². The molecule has 0 bridgehead atoms. The first-order valence-corrected chi connectivity index (χ1v) is 9.35. The topological polar surface area (TPSA) is 78.1 Å². The molecule has 2 aromatic rings. The van der Waals surface area contributed by atoms with Crippen molar-refractivity contribution in [1.82, 2.24) is 20.4 Å². The first-order chi connectivity index (χ1) is 12.7. The lowest BCUT2D eigenvalue weighted by atomic mass is 10.1. The lowest BCUT2D eigenvalue weighted by molar-refractivity contribution is -0.121. The molecule has 0 aliphatic carbocycles. The average molecular weight is 354 g/mol. The number of H-pyrrole nitrogens is 1. The van der Waals surface area contributed by atoms with Crippen LogP contribution in [-0.4, -0.2) is 40.0 Å². The summed E-state index contributed by atoms with van der Waals surface area (Å²) in [5.41, 5.74) is 2.84. The number of likely N-dealkylation sites (tertiary alicyclic amines) is 1. The molecule has 26 heavy (non-hydrogen) atoms. The number of aromatic nitrogens is 2. The molecule has 2 N–H and O–H groups in total. The van der Waals surface area contributed by atoms with Crippen LogP contribution in [0.25, 0.3) is 0 Å². The highest BCUT2D eigenvalue weighted by molar-refractivity contribution is 5.94. The summed E-state index contributed by atoms with van der Waals surface area (Å²) in [4.78, 5) is 26.3. The molecule has 1 saturated heterocycles. The van der Waals surface area contributed by atoms with Crippen LogP contribution in [0.15, 0.2) is 36.7 Å². The Morgan fingerprint density at radius 3 is 2.54 bits per heavy atom. The Bertz CT molecular complexity index is 704. The minimum Gasteiger partial charge on any atom is -0.352 e. The number of nitrogens with zero attached hydrogens (tertiary/aromatic N) is 2. The van der Waals surface area contributed by atoms with Crippen molar-refractivity contribution in [3.05, 3.63) is 53.3 Å². The molecule has 0 saturated carbocycles. The van der Waals surface area contributed by atoms with Crippen LogP contribution in [0.4, 0.5) is 0 Å². The molecule has 1 aromatic carbocycles. The Labute approximate surface area is 154 Å². The van der Waals surface area contributed by atoms with Crippen LogP contribution in [0, 0.1) is 0 Å². The van der Waals surface area contributed by atoms with E-state index in [2.05, 4.69) is 15.5 Å². The quantitative estimate of drug-likeness (QED) is 0.802. The van der Waals surface area contributed by atoms with Crippen molar-refractivity contribution in [2.24, 2.45) is 0 Å². The number of amides is 2. The Kier molecular flexibility index (Phi) is 6.41. The highest BCUT2D eigenvalue weighted by Gasteiger charge is 2.17. The van der Waals surface area contributed by atoms with E-state index in [-0.39, 0.29) is 11.8 Å². The maximum Gasteiger partial charge on any atom is 0.253 e. The number of carbonyl (C=O) groups is 2. The minimum atomic E-state index is 0.0435. The predicted molar refractivity (Wildman–Crippen MR) is 99.6 cm³/mol. The van der Waals surface area contributed by atoms with Gasteiger partial charge in [-0.1, -0.05) is 12.1 Å². The second-order valence-corrected chi connectivity index (χ2v) is 6.79. The van der Waals surface area contributed by atoms with Crippen molar-refractivity contribution in [3.63, 3.8) is 0 Å². The normalized spacial score (nSPS) is 14.2. The van der Waals surface area contributed by atoms with E-state index < -0.39 is 0 Å². The van der Waals surface area contributed by atoms with E-state index in [9.17, 15) is 9.59 Å². The molecule has 1 fully saturated rings. The van der Waals surface area contributed by atoms with Crippen LogP contribution >= 0.6 is 0 Å². The summed E-state index contributed by atoms with van der Waals surface area (Å²) < 4.78 is 0. The van der Waals surface area contributed by atoms with Gasteiger partial charge in [0.1, 0.15) is 0 Å². The Morgan fingerprint density at radius 1 is 1.08 bits per heavy atom. The zero-order chi connectivity index (χ0) is 18.2. The third-order valence-corrected chi connectivity index (χ3v) is 4.76. The van der Waals surface area contributed by atoms with Gasteiger partial charge in [0.15, 0.2) is 0 Å². The van der Waals surface area contributed by atoms with Gasteiger partial charge in [0.2, 0.25) is 5.91 Å². The Hall–Kier alpha value is -2.63. The molecule has 1 aliphatic heterocycles. The molecule has 3 rings (SSSR count). The van der Waals surface area contributed by atoms with Gasteiger partial charge < -0.3 is 10.2 Å². The smallest absolute Gasteiger partial charge is 0.253 e. The van der Waals surface area contributed by atoms with Gasteiger partial charge in [-0.3, -0.25) is 14.7 Å². The summed E-state index contributed by atoms with van der Waals surface area (Å²) in [6.45, 7) is 2.20. The summed E-state index contributed by atoms with van der Waals surface area (Å²) in [7, 11) is 0. The summed E-state index contributed by atoms with van der Waals surface area (Å²) in [6, 6.07) is 7.56. The van der Waals surface area contributed by atoms with E-state index in [4.69, 9.17) is 0 Å². The zero-order valence-electron chi connectivity index (χ0n) is 15.0. The van der Waals surface area contributed by atoms with E-state index in [1.165, 1.54) is 6.42 Å². The molecule has 0 atom stereocenters. The first-order valence-electron chi connectivity index (χ1n) is 9.35. The second kappa shape index (κ2) is 9.17. The highest BCUT2D eigenvalue weighted by atomic mass is 16.2. The molecular weight excluding hydrogens is 328 g/mol. The van der Waals surface area contributed by atoms with Gasteiger partial charge in [-0.15, -0.1) is 0 Å². The number of hydrogen-bond acceptors (Lipinski definition) is 3. The minimum absolute atomic E-state index is 0.0435. The van der Waals surface area contributed by atoms with Crippen molar-refractivity contribution in [3.8, 4) is 0 Å². The number of hydrogen-bond donors (Lipinski definition) is 2. The number of benzene rings is 1. The first kappa shape index (κ1) is 18.2. The average Bonchev–Trinajstić information content (AvgIpc) is 3.20. The van der Waals surface area contributed by atoms with Gasteiger partial charge in [0.25, 0.3) is 5.91 Å². The molecular formula is C20H26N4O2. The van der Waals surface area contributed by atoms with Gasteiger partial charge in [0.05, 0.1) is 6.20 Å². The van der Waals surface area contributed by atoms with E-state index in [1.807, 2.05) is 35.4 Å². The molecule has 2 heterocycles. The van der Waals surface area contributed by atoms with E-state index in [0.29, 0.717) is 13.0 Å².